The van der Waals surface area contributed by atoms with E-state index in [-0.39, 0.29) is 17.7 Å². The van der Waals surface area contributed by atoms with Crippen LogP contribution in [0.2, 0.25) is 0 Å². The summed E-state index contributed by atoms with van der Waals surface area (Å²) in [4.78, 5) is 22.4. The minimum atomic E-state index is -0.0741. The molecule has 1 aliphatic rings. The van der Waals surface area contributed by atoms with Gasteiger partial charge in [-0.2, -0.15) is 0 Å². The summed E-state index contributed by atoms with van der Waals surface area (Å²) in [6.45, 7) is 3.03. The Labute approximate surface area is 96.1 Å². The van der Waals surface area contributed by atoms with Gasteiger partial charge in [-0.3, -0.25) is 9.59 Å². The molecule has 1 fully saturated rings. The van der Waals surface area contributed by atoms with E-state index in [2.05, 4.69) is 10.6 Å². The Morgan fingerprint density at radius 3 is 2.56 bits per heavy atom. The molecule has 16 heavy (non-hydrogen) atoms. The van der Waals surface area contributed by atoms with Gasteiger partial charge in [-0.25, -0.2) is 0 Å². The Kier molecular flexibility index (Phi) is 5.25. The van der Waals surface area contributed by atoms with Crippen LogP contribution in [0.15, 0.2) is 0 Å². The van der Waals surface area contributed by atoms with E-state index in [0.29, 0.717) is 25.6 Å². The summed E-state index contributed by atoms with van der Waals surface area (Å²) in [7, 11) is 0. The van der Waals surface area contributed by atoms with Crippen molar-refractivity contribution in [2.24, 2.45) is 17.6 Å². The third-order valence-corrected chi connectivity index (χ3v) is 3.10. The fourth-order valence-electron chi connectivity index (χ4n) is 2.22. The van der Waals surface area contributed by atoms with Gasteiger partial charge in [0.15, 0.2) is 0 Å². The summed E-state index contributed by atoms with van der Waals surface area (Å²) in [6, 6.07) is 0. The van der Waals surface area contributed by atoms with Gasteiger partial charge in [0.2, 0.25) is 11.8 Å². The first-order valence-corrected chi connectivity index (χ1v) is 5.87. The number of nitrogens with two attached hydrogens (primary N) is 1. The SMILES string of the molecule is CC(=O)NCCNC(=O)C1CCCC1CN. The van der Waals surface area contributed by atoms with Crippen molar-refractivity contribution < 1.29 is 9.59 Å². The van der Waals surface area contributed by atoms with Crippen LogP contribution in [0.25, 0.3) is 0 Å². The Hall–Kier alpha value is -1.10. The molecule has 2 unspecified atom stereocenters. The van der Waals surface area contributed by atoms with E-state index in [1.54, 1.807) is 0 Å². The van der Waals surface area contributed by atoms with Crippen molar-refractivity contribution >= 4 is 11.8 Å². The number of carbonyl (C=O) groups excluding carboxylic acids is 2. The predicted molar refractivity (Wildman–Crippen MR) is 61.6 cm³/mol. The summed E-state index contributed by atoms with van der Waals surface area (Å²) in [5.74, 6) is 0.413. The first-order valence-electron chi connectivity index (χ1n) is 5.87. The van der Waals surface area contributed by atoms with E-state index < -0.39 is 0 Å². The number of hydrogen-bond donors (Lipinski definition) is 3. The van der Waals surface area contributed by atoms with Crippen LogP contribution in [-0.4, -0.2) is 31.4 Å². The molecule has 0 bridgehead atoms. The summed E-state index contributed by atoms with van der Waals surface area (Å²) < 4.78 is 0. The van der Waals surface area contributed by atoms with Crippen LogP contribution in [0.1, 0.15) is 26.2 Å². The van der Waals surface area contributed by atoms with E-state index in [1.807, 2.05) is 0 Å². The van der Waals surface area contributed by atoms with Crippen LogP contribution in [0.4, 0.5) is 0 Å². The number of rotatable bonds is 5. The lowest BCUT2D eigenvalue weighted by Gasteiger charge is -2.17. The standard InChI is InChI=1S/C11H21N3O2/c1-8(15)13-5-6-14-11(16)10-4-2-3-9(10)7-12/h9-10H,2-7,12H2,1H3,(H,13,15)(H,14,16). The Morgan fingerprint density at radius 2 is 1.94 bits per heavy atom. The maximum Gasteiger partial charge on any atom is 0.223 e. The van der Waals surface area contributed by atoms with Gasteiger partial charge >= 0.3 is 0 Å². The first kappa shape index (κ1) is 13.0. The van der Waals surface area contributed by atoms with Gasteiger partial charge in [0.1, 0.15) is 0 Å². The van der Waals surface area contributed by atoms with Crippen LogP contribution in [0.5, 0.6) is 0 Å². The van der Waals surface area contributed by atoms with Crippen molar-refractivity contribution in [3.05, 3.63) is 0 Å². The molecule has 0 radical (unpaired) electrons. The summed E-state index contributed by atoms with van der Waals surface area (Å²) in [5.41, 5.74) is 5.62. The molecule has 1 saturated carbocycles. The minimum absolute atomic E-state index is 0.0716. The zero-order valence-corrected chi connectivity index (χ0v) is 9.79. The van der Waals surface area contributed by atoms with Gasteiger partial charge < -0.3 is 16.4 Å². The van der Waals surface area contributed by atoms with Crippen LogP contribution >= 0.6 is 0 Å². The molecule has 92 valence electrons. The van der Waals surface area contributed by atoms with E-state index in [0.717, 1.165) is 19.3 Å². The fraction of sp³-hybridized carbons (Fsp3) is 0.818. The van der Waals surface area contributed by atoms with E-state index >= 15 is 0 Å². The van der Waals surface area contributed by atoms with Crippen molar-refractivity contribution in [3.8, 4) is 0 Å². The van der Waals surface area contributed by atoms with Crippen LogP contribution < -0.4 is 16.4 Å². The zero-order chi connectivity index (χ0) is 12.0. The maximum atomic E-state index is 11.8. The molecule has 0 aromatic heterocycles. The first-order chi connectivity index (χ1) is 7.65. The zero-order valence-electron chi connectivity index (χ0n) is 9.79. The van der Waals surface area contributed by atoms with Crippen LogP contribution in [-0.2, 0) is 9.59 Å². The molecular formula is C11H21N3O2. The topological polar surface area (TPSA) is 84.2 Å². The highest BCUT2D eigenvalue weighted by Gasteiger charge is 2.31. The lowest BCUT2D eigenvalue weighted by Crippen LogP contribution is -2.39. The molecule has 2 atom stereocenters. The second kappa shape index (κ2) is 6.48. The third-order valence-electron chi connectivity index (χ3n) is 3.10. The smallest absolute Gasteiger partial charge is 0.223 e. The molecule has 5 nitrogen and oxygen atoms in total. The van der Waals surface area contributed by atoms with Gasteiger partial charge in [0, 0.05) is 25.9 Å². The summed E-state index contributed by atoms with van der Waals surface area (Å²) >= 11 is 0. The molecule has 1 rings (SSSR count). The van der Waals surface area contributed by atoms with Crippen LogP contribution in [0, 0.1) is 11.8 Å². The van der Waals surface area contributed by atoms with Gasteiger partial charge in [0.05, 0.1) is 0 Å². The largest absolute Gasteiger partial charge is 0.355 e. The molecular weight excluding hydrogens is 206 g/mol. The van der Waals surface area contributed by atoms with Gasteiger partial charge in [-0.1, -0.05) is 6.42 Å². The van der Waals surface area contributed by atoms with E-state index in [1.165, 1.54) is 6.92 Å². The monoisotopic (exact) mass is 227 g/mol. The molecule has 2 amide bonds. The maximum absolute atomic E-state index is 11.8. The highest BCUT2D eigenvalue weighted by atomic mass is 16.2. The van der Waals surface area contributed by atoms with E-state index in [9.17, 15) is 9.59 Å². The van der Waals surface area contributed by atoms with E-state index in [4.69, 9.17) is 5.73 Å². The molecule has 0 aromatic rings. The third kappa shape index (κ3) is 3.81. The number of nitrogens with one attached hydrogen (secondary N) is 2. The fourth-order valence-corrected chi connectivity index (χ4v) is 2.22. The number of amides is 2. The lowest BCUT2D eigenvalue weighted by atomic mass is 9.95. The van der Waals surface area contributed by atoms with Crippen molar-refractivity contribution in [3.63, 3.8) is 0 Å². The van der Waals surface area contributed by atoms with Crippen molar-refractivity contribution in [1.29, 1.82) is 0 Å². The Morgan fingerprint density at radius 1 is 1.25 bits per heavy atom. The normalized spacial score (nSPS) is 24.1. The van der Waals surface area contributed by atoms with Gasteiger partial charge in [-0.15, -0.1) is 0 Å². The predicted octanol–water partition coefficient (Wildman–Crippen LogP) is -0.386. The summed E-state index contributed by atoms with van der Waals surface area (Å²) in [6.07, 6.45) is 3.08. The molecule has 5 heteroatoms. The highest BCUT2D eigenvalue weighted by molar-refractivity contribution is 5.79. The Bertz CT molecular complexity index is 256. The summed E-state index contributed by atoms with van der Waals surface area (Å²) in [5, 5.41) is 5.47. The van der Waals surface area contributed by atoms with Gasteiger partial charge in [0.25, 0.3) is 0 Å². The van der Waals surface area contributed by atoms with Crippen molar-refractivity contribution in [1.82, 2.24) is 10.6 Å². The highest BCUT2D eigenvalue weighted by Crippen LogP contribution is 2.30. The Balaban J connectivity index is 2.21. The number of hydrogen-bond acceptors (Lipinski definition) is 3. The van der Waals surface area contributed by atoms with Crippen molar-refractivity contribution in [2.45, 2.75) is 26.2 Å². The molecule has 0 saturated heterocycles. The average Bonchev–Trinajstić information content (AvgIpc) is 2.71. The van der Waals surface area contributed by atoms with Crippen molar-refractivity contribution in [2.75, 3.05) is 19.6 Å². The molecule has 0 aromatic carbocycles. The molecule has 4 N–H and O–H groups in total. The second-order valence-corrected chi connectivity index (χ2v) is 4.31. The molecule has 0 heterocycles. The van der Waals surface area contributed by atoms with Gasteiger partial charge in [-0.05, 0) is 25.3 Å². The molecule has 0 aliphatic heterocycles. The molecule has 0 spiro atoms. The lowest BCUT2D eigenvalue weighted by molar-refractivity contribution is -0.126. The van der Waals surface area contributed by atoms with Crippen LogP contribution in [0.3, 0.4) is 0 Å². The second-order valence-electron chi connectivity index (χ2n) is 4.31. The quantitative estimate of drug-likeness (QED) is 0.559. The average molecular weight is 227 g/mol. The molecule has 1 aliphatic carbocycles. The minimum Gasteiger partial charge on any atom is -0.355 e. The number of carbonyl (C=O) groups is 2.